The quantitative estimate of drug-likeness (QED) is 0.0491. The Kier molecular flexibility index (Phi) is 22.0. The normalized spacial score (nSPS) is 14.4. The van der Waals surface area contributed by atoms with Gasteiger partial charge in [0.05, 0.1) is 13.7 Å². The van der Waals surface area contributed by atoms with Crippen molar-refractivity contribution in [2.24, 2.45) is 5.73 Å². The number of nitrogens with one attached hydrogen (secondary N) is 3. The van der Waals surface area contributed by atoms with Crippen molar-refractivity contribution in [1.82, 2.24) is 16.0 Å². The Balaban J connectivity index is 3.22. The van der Waals surface area contributed by atoms with Crippen molar-refractivity contribution in [3.8, 4) is 0 Å². The summed E-state index contributed by atoms with van der Waals surface area (Å²) in [6.45, 7) is 8.17. The molecule has 0 heterocycles. The van der Waals surface area contributed by atoms with E-state index in [2.05, 4.69) is 22.9 Å². The standard InChI is InChI=1S/C38H58N4O11/c1-7-9-11-15-20-31(43)41-29(35(47)52-25-28-17-13-12-14-18-28)21-22-32(44)42-38(5,37(49)40-27(4)34(46)50-6)23-16-19-30(53-33(45)26(3)39)36(48)51-24-10-8-2/h12-14,16-18,23,26-27,29-30H,7-11,15,19-22,24-25,39H2,1-6H3,(H,40,49)(H,41,43)(H,42,44)/b23-16+/t26?,27-,29-,30+,38+/m1/s1. The van der Waals surface area contributed by atoms with E-state index in [4.69, 9.17) is 24.7 Å². The second-order valence-corrected chi connectivity index (χ2v) is 12.9. The number of rotatable bonds is 25. The minimum atomic E-state index is -1.83. The van der Waals surface area contributed by atoms with Crippen LogP contribution in [0, 0.1) is 0 Å². The summed E-state index contributed by atoms with van der Waals surface area (Å²) in [5.74, 6) is -4.99. The third-order valence-corrected chi connectivity index (χ3v) is 7.97. The fourth-order valence-electron chi connectivity index (χ4n) is 4.72. The number of nitrogens with two attached hydrogens (primary N) is 1. The second-order valence-electron chi connectivity index (χ2n) is 12.9. The first-order valence-electron chi connectivity index (χ1n) is 18.2. The van der Waals surface area contributed by atoms with Crippen molar-refractivity contribution >= 4 is 41.6 Å². The van der Waals surface area contributed by atoms with Crippen LogP contribution < -0.4 is 21.7 Å². The largest absolute Gasteiger partial charge is 0.467 e. The molecule has 0 aliphatic heterocycles. The molecular formula is C38H58N4O11. The molecule has 53 heavy (non-hydrogen) atoms. The van der Waals surface area contributed by atoms with Crippen LogP contribution in [0.15, 0.2) is 42.5 Å². The number of unbranched alkanes of at least 4 members (excludes halogenated alkanes) is 4. The molecule has 15 nitrogen and oxygen atoms in total. The van der Waals surface area contributed by atoms with Crippen LogP contribution in [0.1, 0.15) is 104 Å². The summed E-state index contributed by atoms with van der Waals surface area (Å²) in [5, 5.41) is 7.78. The molecule has 5 atom stereocenters. The maximum absolute atomic E-state index is 13.5. The molecule has 0 aromatic heterocycles. The second kappa shape index (κ2) is 25.2. The molecule has 1 aromatic rings. The van der Waals surface area contributed by atoms with Crippen molar-refractivity contribution in [3.05, 3.63) is 48.0 Å². The number of amides is 3. The molecule has 296 valence electrons. The minimum absolute atomic E-state index is 0.0389. The van der Waals surface area contributed by atoms with E-state index >= 15 is 0 Å². The van der Waals surface area contributed by atoms with Gasteiger partial charge in [0.15, 0.2) is 0 Å². The van der Waals surface area contributed by atoms with Crippen LogP contribution in [-0.4, -0.2) is 85.1 Å². The first-order chi connectivity index (χ1) is 25.2. The SMILES string of the molecule is CCCCCCC(=O)N[C@H](CCC(=O)N[C@@](C)(/C=C/C[C@H](OC(=O)C(C)N)C(=O)OCCCC)C(=O)N[C@H](C)C(=O)OC)C(=O)OCc1ccccc1. The third kappa shape index (κ3) is 18.5. The number of hydrogen-bond donors (Lipinski definition) is 4. The number of benzene rings is 1. The molecule has 15 heteroatoms. The maximum Gasteiger partial charge on any atom is 0.347 e. The van der Waals surface area contributed by atoms with E-state index in [0.717, 1.165) is 38.4 Å². The number of ether oxygens (including phenoxy) is 4. The Morgan fingerprint density at radius 3 is 2.11 bits per heavy atom. The fraction of sp³-hybridized carbons (Fsp3) is 0.605. The topological polar surface area (TPSA) is 219 Å². The molecule has 0 fully saturated rings. The molecule has 1 rings (SSSR count). The molecule has 0 saturated heterocycles. The smallest absolute Gasteiger partial charge is 0.347 e. The van der Waals surface area contributed by atoms with Crippen molar-refractivity contribution in [3.63, 3.8) is 0 Å². The molecular weight excluding hydrogens is 688 g/mol. The molecule has 0 aliphatic carbocycles. The van der Waals surface area contributed by atoms with E-state index < -0.39 is 65.5 Å². The average Bonchev–Trinajstić information content (AvgIpc) is 3.13. The summed E-state index contributed by atoms with van der Waals surface area (Å²) in [6, 6.07) is 5.70. The van der Waals surface area contributed by atoms with Gasteiger partial charge < -0.3 is 40.6 Å². The van der Waals surface area contributed by atoms with Crippen LogP contribution >= 0.6 is 0 Å². The third-order valence-electron chi connectivity index (χ3n) is 7.97. The summed E-state index contributed by atoms with van der Waals surface area (Å²) in [5.41, 5.74) is 4.53. The predicted octanol–water partition coefficient (Wildman–Crippen LogP) is 3.07. The Morgan fingerprint density at radius 1 is 0.811 bits per heavy atom. The molecule has 0 aliphatic rings. The van der Waals surface area contributed by atoms with Gasteiger partial charge in [0.25, 0.3) is 0 Å². The average molecular weight is 747 g/mol. The van der Waals surface area contributed by atoms with Crippen molar-refractivity contribution < 1.29 is 52.5 Å². The van der Waals surface area contributed by atoms with Crippen molar-refractivity contribution in [2.45, 2.75) is 135 Å². The highest BCUT2D eigenvalue weighted by Gasteiger charge is 2.35. The molecule has 0 saturated carbocycles. The lowest BCUT2D eigenvalue weighted by Crippen LogP contribution is -2.58. The van der Waals surface area contributed by atoms with Crippen molar-refractivity contribution in [2.75, 3.05) is 13.7 Å². The number of methoxy groups -OCH3 is 1. The molecule has 1 aromatic carbocycles. The van der Waals surface area contributed by atoms with E-state index in [1.165, 1.54) is 32.9 Å². The van der Waals surface area contributed by atoms with E-state index in [9.17, 15) is 33.6 Å². The summed E-state index contributed by atoms with van der Waals surface area (Å²) in [4.78, 5) is 89.9. The Labute approximate surface area is 312 Å². The van der Waals surface area contributed by atoms with Gasteiger partial charge in [0.2, 0.25) is 23.8 Å². The highest BCUT2D eigenvalue weighted by Crippen LogP contribution is 2.14. The van der Waals surface area contributed by atoms with E-state index in [1.54, 1.807) is 24.3 Å². The zero-order valence-electron chi connectivity index (χ0n) is 31.9. The lowest BCUT2D eigenvalue weighted by Gasteiger charge is -2.28. The van der Waals surface area contributed by atoms with Gasteiger partial charge in [-0.2, -0.15) is 0 Å². The molecule has 5 N–H and O–H groups in total. The lowest BCUT2D eigenvalue weighted by molar-refractivity contribution is -0.168. The Hall–Kier alpha value is -4.79. The molecule has 1 unspecified atom stereocenters. The molecule has 0 bridgehead atoms. The van der Waals surface area contributed by atoms with E-state index in [0.29, 0.717) is 12.8 Å². The van der Waals surface area contributed by atoms with Crippen LogP contribution in [-0.2, 0) is 59.1 Å². The van der Waals surface area contributed by atoms with Gasteiger partial charge in [-0.05, 0) is 45.6 Å². The van der Waals surface area contributed by atoms with Gasteiger partial charge in [0, 0.05) is 19.3 Å². The number of carbonyl (C=O) groups excluding carboxylic acids is 7. The molecule has 0 spiro atoms. The van der Waals surface area contributed by atoms with Gasteiger partial charge in [-0.25, -0.2) is 14.4 Å². The highest BCUT2D eigenvalue weighted by atomic mass is 16.6. The van der Waals surface area contributed by atoms with Crippen LogP contribution in [0.25, 0.3) is 0 Å². The monoisotopic (exact) mass is 746 g/mol. The van der Waals surface area contributed by atoms with Gasteiger partial charge in [-0.15, -0.1) is 0 Å². The van der Waals surface area contributed by atoms with Gasteiger partial charge in [-0.3, -0.25) is 19.2 Å². The van der Waals surface area contributed by atoms with Gasteiger partial charge in [0.1, 0.15) is 30.3 Å². The fourth-order valence-corrected chi connectivity index (χ4v) is 4.72. The first kappa shape index (κ1) is 46.2. The predicted molar refractivity (Wildman–Crippen MR) is 195 cm³/mol. The Morgan fingerprint density at radius 2 is 1.49 bits per heavy atom. The van der Waals surface area contributed by atoms with Crippen LogP contribution in [0.4, 0.5) is 0 Å². The maximum atomic E-state index is 13.5. The highest BCUT2D eigenvalue weighted by molar-refractivity contribution is 5.95. The first-order valence-corrected chi connectivity index (χ1v) is 18.2. The number of carbonyl (C=O) groups is 7. The molecule has 0 radical (unpaired) electrons. The minimum Gasteiger partial charge on any atom is -0.467 e. The number of esters is 4. The summed E-state index contributed by atoms with van der Waals surface area (Å²) < 4.78 is 20.6. The zero-order valence-corrected chi connectivity index (χ0v) is 31.9. The van der Waals surface area contributed by atoms with E-state index in [-0.39, 0.29) is 44.8 Å². The summed E-state index contributed by atoms with van der Waals surface area (Å²) in [6.07, 6.45) is 5.52. The lowest BCUT2D eigenvalue weighted by atomic mass is 9.97. The van der Waals surface area contributed by atoms with Gasteiger partial charge >= 0.3 is 23.9 Å². The summed E-state index contributed by atoms with van der Waals surface area (Å²) in [7, 11) is 1.15. The van der Waals surface area contributed by atoms with Gasteiger partial charge in [-0.1, -0.05) is 82.0 Å². The van der Waals surface area contributed by atoms with Crippen LogP contribution in [0.3, 0.4) is 0 Å². The van der Waals surface area contributed by atoms with Crippen molar-refractivity contribution in [1.29, 1.82) is 0 Å². The van der Waals surface area contributed by atoms with E-state index in [1.807, 2.05) is 13.0 Å². The zero-order chi connectivity index (χ0) is 39.8. The number of hydrogen-bond acceptors (Lipinski definition) is 12. The summed E-state index contributed by atoms with van der Waals surface area (Å²) >= 11 is 0. The molecule has 3 amide bonds. The van der Waals surface area contributed by atoms with Crippen LogP contribution in [0.5, 0.6) is 0 Å². The Bertz CT molecular complexity index is 1370. The van der Waals surface area contributed by atoms with Crippen LogP contribution in [0.2, 0.25) is 0 Å².